The third-order valence-corrected chi connectivity index (χ3v) is 12.1. The van der Waals surface area contributed by atoms with Gasteiger partial charge in [0.05, 0.1) is 28.0 Å². The summed E-state index contributed by atoms with van der Waals surface area (Å²) in [6, 6.07) is 22.2. The van der Waals surface area contributed by atoms with Crippen molar-refractivity contribution in [3.63, 3.8) is 0 Å². The summed E-state index contributed by atoms with van der Waals surface area (Å²) < 4.78 is 36.5. The van der Waals surface area contributed by atoms with Crippen LogP contribution in [0.2, 0.25) is 0 Å². The minimum absolute atomic E-state index is 0.0112. The molecule has 54 heavy (non-hydrogen) atoms. The third kappa shape index (κ3) is 9.40. The second kappa shape index (κ2) is 17.5. The van der Waals surface area contributed by atoms with Crippen LogP contribution in [0.1, 0.15) is 86.3 Å². The van der Waals surface area contributed by atoms with E-state index in [9.17, 15) is 13.2 Å². The summed E-state index contributed by atoms with van der Waals surface area (Å²) in [6.45, 7) is 8.46. The van der Waals surface area contributed by atoms with Crippen LogP contribution in [0, 0.1) is 25.7 Å². The van der Waals surface area contributed by atoms with Gasteiger partial charge in [-0.05, 0) is 92.1 Å². The van der Waals surface area contributed by atoms with Gasteiger partial charge in [-0.15, -0.1) is 0 Å². The number of esters is 1. The molecule has 1 aliphatic rings. The Morgan fingerprint density at radius 1 is 0.981 bits per heavy atom. The molecule has 2 aromatic carbocycles. The van der Waals surface area contributed by atoms with Crippen LogP contribution in [0.4, 0.5) is 0 Å². The molecular formula is C44H51N5O4S. The van der Waals surface area contributed by atoms with Gasteiger partial charge in [-0.2, -0.15) is 4.31 Å². The zero-order chi connectivity index (χ0) is 38.2. The van der Waals surface area contributed by atoms with E-state index in [1.807, 2.05) is 51.1 Å². The van der Waals surface area contributed by atoms with Gasteiger partial charge in [-0.1, -0.05) is 93.6 Å². The van der Waals surface area contributed by atoms with Gasteiger partial charge in [0, 0.05) is 25.4 Å². The molecule has 0 bridgehead atoms. The fourth-order valence-corrected chi connectivity index (χ4v) is 8.47. The number of carbonyl (C=O) groups excluding carboxylic acids is 1. The van der Waals surface area contributed by atoms with Crippen LogP contribution < -0.4 is 0 Å². The molecule has 6 rings (SSSR count). The number of sulfonamides is 1. The Balaban J connectivity index is 1.11. The molecule has 10 heteroatoms. The summed E-state index contributed by atoms with van der Waals surface area (Å²) in [7, 11) is -2.55. The standard InChI is InChI=1S/C44H51N5O4S/c1-31(2)28-43(48(5)54(51,52)38-22-17-35(18-23-38)30-49-33(4)46-41-29-45-26-25-42(41)49)44(50)53-27-9-13-37-12-8-14-40(47-37)39(24-19-34-10-6-7-11-34)36-20-15-32(3)16-21-36/h8-9,12-18,20-26,29,31,34,43H,6-7,10-11,19,27-28,30H2,1-5H3/b13-9+,39-24+/t43-/m0/s1. The Morgan fingerprint density at radius 3 is 2.44 bits per heavy atom. The van der Waals surface area contributed by atoms with Crippen LogP contribution in [0.5, 0.6) is 0 Å². The number of imidazole rings is 1. The normalized spacial score (nSPS) is 14.8. The predicted molar refractivity (Wildman–Crippen MR) is 215 cm³/mol. The molecule has 5 aromatic rings. The molecule has 282 valence electrons. The topological polar surface area (TPSA) is 107 Å². The number of nitrogens with zero attached hydrogens (tertiary/aromatic N) is 5. The molecule has 9 nitrogen and oxygen atoms in total. The van der Waals surface area contributed by atoms with Crippen molar-refractivity contribution in [3.8, 4) is 0 Å². The van der Waals surface area contributed by atoms with Gasteiger partial charge in [0.1, 0.15) is 24.0 Å². The predicted octanol–water partition coefficient (Wildman–Crippen LogP) is 8.80. The minimum atomic E-state index is -4.00. The largest absolute Gasteiger partial charge is 0.460 e. The Labute approximate surface area is 319 Å². The van der Waals surface area contributed by atoms with E-state index in [0.29, 0.717) is 13.0 Å². The van der Waals surface area contributed by atoms with E-state index >= 15 is 0 Å². The highest BCUT2D eigenvalue weighted by atomic mass is 32.2. The molecule has 0 radical (unpaired) electrons. The van der Waals surface area contributed by atoms with Crippen LogP contribution in [-0.4, -0.2) is 57.9 Å². The first kappa shape index (κ1) is 38.8. The molecule has 3 aromatic heterocycles. The lowest BCUT2D eigenvalue weighted by Gasteiger charge is -2.27. The van der Waals surface area contributed by atoms with E-state index < -0.39 is 22.0 Å². The molecular weight excluding hydrogens is 695 g/mol. The summed E-state index contributed by atoms with van der Waals surface area (Å²) in [4.78, 5) is 27.3. The van der Waals surface area contributed by atoms with E-state index in [0.717, 1.165) is 61.6 Å². The number of hydrogen-bond donors (Lipinski definition) is 0. The van der Waals surface area contributed by atoms with Crippen molar-refractivity contribution in [1.82, 2.24) is 23.8 Å². The maximum Gasteiger partial charge on any atom is 0.324 e. The summed E-state index contributed by atoms with van der Waals surface area (Å²) in [5, 5.41) is 0. The maximum absolute atomic E-state index is 13.8. The molecule has 1 fully saturated rings. The Bertz CT molecular complexity index is 2220. The van der Waals surface area contributed by atoms with Gasteiger partial charge in [0.2, 0.25) is 10.0 Å². The summed E-state index contributed by atoms with van der Waals surface area (Å²) >= 11 is 0. The van der Waals surface area contributed by atoms with Crippen molar-refractivity contribution < 1.29 is 17.9 Å². The number of hydrogen-bond acceptors (Lipinski definition) is 7. The summed E-state index contributed by atoms with van der Waals surface area (Å²) in [5.41, 5.74) is 7.82. The smallest absolute Gasteiger partial charge is 0.324 e. The van der Waals surface area contributed by atoms with Crippen molar-refractivity contribution in [3.05, 3.63) is 131 Å². The number of aryl methyl sites for hydroxylation is 2. The lowest BCUT2D eigenvalue weighted by Crippen LogP contribution is -2.44. The van der Waals surface area contributed by atoms with Crippen LogP contribution in [0.3, 0.4) is 0 Å². The van der Waals surface area contributed by atoms with Crippen molar-refractivity contribution >= 4 is 38.7 Å². The van der Waals surface area contributed by atoms with E-state index in [2.05, 4.69) is 51.8 Å². The molecule has 3 heterocycles. The van der Waals surface area contributed by atoms with E-state index in [1.165, 1.54) is 38.3 Å². The van der Waals surface area contributed by atoms with Crippen LogP contribution in [-0.2, 0) is 26.1 Å². The van der Waals surface area contributed by atoms with Gasteiger partial charge in [0.25, 0.3) is 0 Å². The number of fused-ring (bicyclic) bond motifs is 1. The number of allylic oxidation sites excluding steroid dienone is 1. The first-order valence-electron chi connectivity index (χ1n) is 18.9. The number of ether oxygens (including phenoxy) is 1. The van der Waals surface area contributed by atoms with Gasteiger partial charge in [-0.3, -0.25) is 9.78 Å². The fourth-order valence-electron chi connectivity index (χ4n) is 7.15. The van der Waals surface area contributed by atoms with Gasteiger partial charge in [-0.25, -0.2) is 18.4 Å². The van der Waals surface area contributed by atoms with Crippen LogP contribution >= 0.6 is 0 Å². The summed E-state index contributed by atoms with van der Waals surface area (Å²) in [5.74, 6) is 1.03. The van der Waals surface area contributed by atoms with Gasteiger partial charge < -0.3 is 9.30 Å². The van der Waals surface area contributed by atoms with Gasteiger partial charge >= 0.3 is 5.97 Å². The maximum atomic E-state index is 13.8. The summed E-state index contributed by atoms with van der Waals surface area (Å²) in [6.07, 6.45) is 15.9. The molecule has 0 saturated heterocycles. The fraction of sp³-hybridized carbons (Fsp3) is 0.364. The molecule has 0 amide bonds. The van der Waals surface area contributed by atoms with Crippen LogP contribution in [0.15, 0.2) is 102 Å². The monoisotopic (exact) mass is 745 g/mol. The highest BCUT2D eigenvalue weighted by Crippen LogP contribution is 2.31. The Morgan fingerprint density at radius 2 is 1.72 bits per heavy atom. The highest BCUT2D eigenvalue weighted by molar-refractivity contribution is 7.89. The number of benzene rings is 2. The number of rotatable bonds is 15. The molecule has 1 aliphatic carbocycles. The number of carbonyl (C=O) groups is 1. The number of likely N-dealkylation sites (N-methyl/N-ethyl adjacent to an activating group) is 1. The second-order valence-corrected chi connectivity index (χ2v) is 16.8. The average Bonchev–Trinajstić information content (AvgIpc) is 3.80. The van der Waals surface area contributed by atoms with E-state index in [4.69, 9.17) is 9.72 Å². The molecule has 0 aliphatic heterocycles. The molecule has 0 unspecified atom stereocenters. The van der Waals surface area contributed by atoms with Crippen molar-refractivity contribution in [1.29, 1.82) is 0 Å². The second-order valence-electron chi connectivity index (χ2n) is 14.8. The molecule has 0 spiro atoms. The van der Waals surface area contributed by atoms with Crippen LogP contribution in [0.25, 0.3) is 22.7 Å². The lowest BCUT2D eigenvalue weighted by atomic mass is 9.96. The van der Waals surface area contributed by atoms with Crippen molar-refractivity contribution in [2.75, 3.05) is 13.7 Å². The molecule has 1 saturated carbocycles. The van der Waals surface area contributed by atoms with E-state index in [1.54, 1.807) is 42.7 Å². The Kier molecular flexibility index (Phi) is 12.6. The first-order chi connectivity index (χ1) is 26.0. The van der Waals surface area contributed by atoms with E-state index in [-0.39, 0.29) is 17.4 Å². The zero-order valence-corrected chi connectivity index (χ0v) is 32.8. The lowest BCUT2D eigenvalue weighted by molar-refractivity contribution is -0.147. The highest BCUT2D eigenvalue weighted by Gasteiger charge is 2.34. The SMILES string of the molecule is Cc1ccc(/C(=C\CC2CCCC2)c2cccc(/C=C/COC(=O)[C@H](CC(C)C)N(C)S(=O)(=O)c3ccc(Cn4c(C)nc5cnccc54)cc3)n2)cc1. The number of pyridine rings is 2. The van der Waals surface area contributed by atoms with Crippen molar-refractivity contribution in [2.45, 2.75) is 83.7 Å². The third-order valence-electron chi connectivity index (χ3n) is 10.2. The van der Waals surface area contributed by atoms with Crippen molar-refractivity contribution in [2.24, 2.45) is 11.8 Å². The Hall–Kier alpha value is -4.93. The number of aromatic nitrogens is 4. The minimum Gasteiger partial charge on any atom is -0.460 e. The zero-order valence-electron chi connectivity index (χ0n) is 32.0. The molecule has 0 N–H and O–H groups in total. The first-order valence-corrected chi connectivity index (χ1v) is 20.3. The van der Waals surface area contributed by atoms with Gasteiger partial charge in [0.15, 0.2) is 0 Å². The quantitative estimate of drug-likeness (QED) is 0.0987. The average molecular weight is 746 g/mol. The molecule has 1 atom stereocenters.